The summed E-state index contributed by atoms with van der Waals surface area (Å²) >= 11 is 6.00. The van der Waals surface area contributed by atoms with Crippen LogP contribution >= 0.6 is 11.6 Å². The number of nitrogens with zero attached hydrogens (tertiary/aromatic N) is 5. The van der Waals surface area contributed by atoms with Crippen LogP contribution in [-0.4, -0.2) is 51.2 Å². The van der Waals surface area contributed by atoms with E-state index in [4.69, 9.17) is 16.0 Å². The second-order valence-electron chi connectivity index (χ2n) is 6.30. The van der Waals surface area contributed by atoms with E-state index >= 15 is 0 Å². The molecule has 0 bridgehead atoms. The molecule has 2 aromatic heterocycles. The minimum absolute atomic E-state index is 0.00426. The van der Waals surface area contributed by atoms with Gasteiger partial charge in [-0.2, -0.15) is 10.1 Å². The average Bonchev–Trinajstić information content (AvgIpc) is 3.20. The maximum Gasteiger partial charge on any atom is 0.298 e. The highest BCUT2D eigenvalue weighted by Gasteiger charge is 2.30. The summed E-state index contributed by atoms with van der Waals surface area (Å²) in [6.07, 6.45) is 3.35. The highest BCUT2D eigenvalue weighted by Crippen LogP contribution is 2.26. The van der Waals surface area contributed by atoms with Gasteiger partial charge in [0.15, 0.2) is 5.58 Å². The molecule has 1 aliphatic heterocycles. The van der Waals surface area contributed by atoms with Gasteiger partial charge in [0.25, 0.3) is 11.9 Å². The molecule has 0 saturated carbocycles. The first-order chi connectivity index (χ1) is 12.0. The van der Waals surface area contributed by atoms with Crippen LogP contribution in [0.3, 0.4) is 0 Å². The van der Waals surface area contributed by atoms with E-state index in [0.717, 1.165) is 5.52 Å². The van der Waals surface area contributed by atoms with Crippen molar-refractivity contribution in [1.29, 1.82) is 0 Å². The van der Waals surface area contributed by atoms with Crippen LogP contribution < -0.4 is 4.90 Å². The summed E-state index contributed by atoms with van der Waals surface area (Å²) in [6.45, 7) is 3.96. The van der Waals surface area contributed by atoms with Gasteiger partial charge < -0.3 is 14.2 Å². The summed E-state index contributed by atoms with van der Waals surface area (Å²) in [4.78, 5) is 21.1. The number of aryl methyl sites for hydroxylation is 1. The Bertz CT molecular complexity index is 934. The molecule has 0 N–H and O–H groups in total. The van der Waals surface area contributed by atoms with E-state index in [1.807, 2.05) is 17.9 Å². The fraction of sp³-hybridized carbons (Fsp3) is 0.353. The number of halogens is 1. The largest absolute Gasteiger partial charge is 0.423 e. The second-order valence-corrected chi connectivity index (χ2v) is 6.74. The second kappa shape index (κ2) is 6.07. The van der Waals surface area contributed by atoms with Gasteiger partial charge >= 0.3 is 0 Å². The predicted molar refractivity (Wildman–Crippen MR) is 94.9 cm³/mol. The molecule has 0 aliphatic carbocycles. The number of amides is 1. The van der Waals surface area contributed by atoms with Crippen molar-refractivity contribution < 1.29 is 9.21 Å². The number of hydrogen-bond donors (Lipinski definition) is 0. The molecule has 130 valence electrons. The lowest BCUT2D eigenvalue weighted by Gasteiger charge is -2.39. The number of rotatable bonds is 2. The molecule has 0 radical (unpaired) electrons. The smallest absolute Gasteiger partial charge is 0.298 e. The third kappa shape index (κ3) is 2.95. The molecule has 4 rings (SSSR count). The molecule has 1 unspecified atom stereocenters. The van der Waals surface area contributed by atoms with E-state index in [1.54, 1.807) is 36.3 Å². The van der Waals surface area contributed by atoms with Gasteiger partial charge in [-0.05, 0) is 19.1 Å². The van der Waals surface area contributed by atoms with Crippen LogP contribution in [0.15, 0.2) is 35.0 Å². The summed E-state index contributed by atoms with van der Waals surface area (Å²) in [6, 6.07) is 6.01. The Morgan fingerprint density at radius 2 is 2.20 bits per heavy atom. The van der Waals surface area contributed by atoms with Crippen LogP contribution in [-0.2, 0) is 7.05 Å². The molecule has 1 amide bonds. The van der Waals surface area contributed by atoms with Crippen molar-refractivity contribution in [3.05, 3.63) is 41.2 Å². The Morgan fingerprint density at radius 3 is 2.92 bits per heavy atom. The zero-order valence-corrected chi connectivity index (χ0v) is 14.8. The van der Waals surface area contributed by atoms with Crippen LogP contribution in [0.1, 0.15) is 17.3 Å². The van der Waals surface area contributed by atoms with Crippen LogP contribution in [0, 0.1) is 0 Å². The number of oxazole rings is 1. The van der Waals surface area contributed by atoms with Gasteiger partial charge in [-0.1, -0.05) is 11.6 Å². The Kier molecular flexibility index (Phi) is 3.88. The Labute approximate surface area is 149 Å². The number of aromatic nitrogens is 3. The molecule has 0 spiro atoms. The van der Waals surface area contributed by atoms with E-state index in [-0.39, 0.29) is 11.9 Å². The maximum atomic E-state index is 12.6. The van der Waals surface area contributed by atoms with Gasteiger partial charge in [-0.25, -0.2) is 0 Å². The van der Waals surface area contributed by atoms with Crippen molar-refractivity contribution in [2.75, 3.05) is 24.5 Å². The standard InChI is InChI=1S/C17H18ClN5O2/c1-11-9-22(17-20-14-4-3-13(18)7-15(14)25-17)5-6-23(11)16(24)12-8-19-21(2)10-12/h3-4,7-8,10-11H,5-6,9H2,1-2H3. The number of anilines is 1. The first kappa shape index (κ1) is 16.0. The molecular weight excluding hydrogens is 342 g/mol. The summed E-state index contributed by atoms with van der Waals surface area (Å²) in [5.74, 6) is 0.00426. The van der Waals surface area contributed by atoms with Crippen LogP contribution in [0.25, 0.3) is 11.1 Å². The molecule has 1 fully saturated rings. The number of benzene rings is 1. The van der Waals surface area contributed by atoms with Gasteiger partial charge in [0.1, 0.15) is 5.52 Å². The van der Waals surface area contributed by atoms with Crippen molar-refractivity contribution in [2.24, 2.45) is 7.05 Å². The highest BCUT2D eigenvalue weighted by atomic mass is 35.5. The summed E-state index contributed by atoms with van der Waals surface area (Å²) < 4.78 is 7.47. The molecule has 3 aromatic rings. The Morgan fingerprint density at radius 1 is 1.36 bits per heavy atom. The van der Waals surface area contributed by atoms with Gasteiger partial charge in [-0.3, -0.25) is 9.48 Å². The van der Waals surface area contributed by atoms with E-state index in [2.05, 4.69) is 15.0 Å². The minimum atomic E-state index is 0.00426. The monoisotopic (exact) mass is 359 g/mol. The molecule has 1 aromatic carbocycles. The molecule has 1 saturated heterocycles. The maximum absolute atomic E-state index is 12.6. The molecule has 3 heterocycles. The third-order valence-electron chi connectivity index (χ3n) is 4.45. The molecular formula is C17H18ClN5O2. The molecule has 8 heteroatoms. The normalized spacial score (nSPS) is 18.1. The van der Waals surface area contributed by atoms with Gasteiger partial charge in [-0.15, -0.1) is 0 Å². The number of carbonyl (C=O) groups is 1. The number of piperazine rings is 1. The number of fused-ring (bicyclic) bond motifs is 1. The summed E-state index contributed by atoms with van der Waals surface area (Å²) in [5, 5.41) is 4.70. The summed E-state index contributed by atoms with van der Waals surface area (Å²) in [5.41, 5.74) is 2.06. The van der Waals surface area contributed by atoms with Crippen molar-refractivity contribution in [1.82, 2.24) is 19.7 Å². The molecule has 25 heavy (non-hydrogen) atoms. The number of hydrogen-bond acceptors (Lipinski definition) is 5. The van der Waals surface area contributed by atoms with Gasteiger partial charge in [0.05, 0.1) is 11.8 Å². The van der Waals surface area contributed by atoms with Gasteiger partial charge in [0.2, 0.25) is 0 Å². The quantitative estimate of drug-likeness (QED) is 0.703. The van der Waals surface area contributed by atoms with Crippen LogP contribution in [0.2, 0.25) is 5.02 Å². The highest BCUT2D eigenvalue weighted by molar-refractivity contribution is 6.31. The third-order valence-corrected chi connectivity index (χ3v) is 4.68. The van der Waals surface area contributed by atoms with Crippen molar-refractivity contribution in [2.45, 2.75) is 13.0 Å². The van der Waals surface area contributed by atoms with Crippen molar-refractivity contribution in [3.63, 3.8) is 0 Å². The molecule has 1 atom stereocenters. The lowest BCUT2D eigenvalue weighted by Crippen LogP contribution is -2.54. The fourth-order valence-corrected chi connectivity index (χ4v) is 3.31. The van der Waals surface area contributed by atoms with Gasteiger partial charge in [0, 0.05) is 50.0 Å². The number of carbonyl (C=O) groups excluding carboxylic acids is 1. The summed E-state index contributed by atoms with van der Waals surface area (Å²) in [7, 11) is 1.80. The van der Waals surface area contributed by atoms with E-state index < -0.39 is 0 Å². The Hall–Kier alpha value is -2.54. The minimum Gasteiger partial charge on any atom is -0.423 e. The van der Waals surface area contributed by atoms with E-state index in [1.165, 1.54) is 0 Å². The average molecular weight is 360 g/mol. The zero-order valence-electron chi connectivity index (χ0n) is 14.0. The Balaban J connectivity index is 1.51. The molecule has 7 nitrogen and oxygen atoms in total. The zero-order chi connectivity index (χ0) is 17.6. The van der Waals surface area contributed by atoms with Crippen LogP contribution in [0.4, 0.5) is 6.01 Å². The SMILES string of the molecule is CC1CN(c2nc3ccc(Cl)cc3o2)CCN1C(=O)c1cnn(C)c1. The molecule has 1 aliphatic rings. The van der Waals surface area contributed by atoms with Crippen molar-refractivity contribution >= 4 is 34.6 Å². The topological polar surface area (TPSA) is 67.4 Å². The van der Waals surface area contributed by atoms with E-state index in [9.17, 15) is 4.79 Å². The van der Waals surface area contributed by atoms with Crippen LogP contribution in [0.5, 0.6) is 0 Å². The lowest BCUT2D eigenvalue weighted by molar-refractivity contribution is 0.0671. The lowest BCUT2D eigenvalue weighted by atomic mass is 10.1. The van der Waals surface area contributed by atoms with Crippen molar-refractivity contribution in [3.8, 4) is 0 Å². The first-order valence-electron chi connectivity index (χ1n) is 8.12. The first-order valence-corrected chi connectivity index (χ1v) is 8.50. The fourth-order valence-electron chi connectivity index (χ4n) is 3.15. The predicted octanol–water partition coefficient (Wildman–Crippen LogP) is 2.57. The van der Waals surface area contributed by atoms with E-state index in [0.29, 0.717) is 41.8 Å².